The molecule has 6 nitrogen and oxygen atoms in total. The highest BCUT2D eigenvalue weighted by Crippen LogP contribution is 2.35. The largest absolute Gasteiger partial charge is 0.383 e. The molecule has 32 heavy (non-hydrogen) atoms. The molecule has 1 aliphatic heterocycles. The number of hydrogen-bond acceptors (Lipinski definition) is 5. The van der Waals surface area contributed by atoms with Gasteiger partial charge in [0.05, 0.1) is 24.5 Å². The average Bonchev–Trinajstić information content (AvgIpc) is 3.04. The van der Waals surface area contributed by atoms with E-state index in [0.717, 1.165) is 5.56 Å². The van der Waals surface area contributed by atoms with Crippen molar-refractivity contribution in [1.82, 2.24) is 4.90 Å². The molecule has 0 saturated heterocycles. The summed E-state index contributed by atoms with van der Waals surface area (Å²) in [5.41, 5.74) is 3.03. The lowest BCUT2D eigenvalue weighted by molar-refractivity contribution is -0.120. The number of carbonyl (C=O) groups is 2. The van der Waals surface area contributed by atoms with Crippen LogP contribution in [0.3, 0.4) is 0 Å². The van der Waals surface area contributed by atoms with Crippen molar-refractivity contribution in [2.24, 2.45) is 0 Å². The predicted octanol–water partition coefficient (Wildman–Crippen LogP) is 4.34. The summed E-state index contributed by atoms with van der Waals surface area (Å²) >= 11 is 6.06. The summed E-state index contributed by atoms with van der Waals surface area (Å²) in [6, 6.07) is 14.5. The molecule has 2 amide bonds. The molecule has 0 spiro atoms. The Balaban J connectivity index is 2.08. The smallest absolute Gasteiger partial charge is 0.282 e. The lowest BCUT2D eigenvalue weighted by Gasteiger charge is -2.25. The molecule has 170 valence electrons. The minimum Gasteiger partial charge on any atom is -0.383 e. The highest BCUT2D eigenvalue weighted by molar-refractivity contribution is 6.45. The fourth-order valence-electron chi connectivity index (χ4n) is 3.67. The van der Waals surface area contributed by atoms with Crippen LogP contribution in [0, 0.1) is 0 Å². The van der Waals surface area contributed by atoms with E-state index in [0.29, 0.717) is 59.8 Å². The first kappa shape index (κ1) is 24.0. The molecule has 2 aromatic carbocycles. The zero-order valence-electron chi connectivity index (χ0n) is 18.9. The Morgan fingerprint density at radius 2 is 1.44 bits per heavy atom. The van der Waals surface area contributed by atoms with Gasteiger partial charge in [0.1, 0.15) is 5.70 Å². The third-order valence-electron chi connectivity index (χ3n) is 5.46. The number of carbonyl (C=O) groups excluding carboxylic acids is 2. The van der Waals surface area contributed by atoms with E-state index in [9.17, 15) is 9.59 Å². The third-order valence-corrected chi connectivity index (χ3v) is 5.71. The van der Waals surface area contributed by atoms with Crippen molar-refractivity contribution in [3.63, 3.8) is 0 Å². The normalized spacial score (nSPS) is 14.1. The molecule has 0 aromatic heterocycles. The van der Waals surface area contributed by atoms with Crippen LogP contribution in [0.5, 0.6) is 0 Å². The van der Waals surface area contributed by atoms with Gasteiger partial charge in [-0.1, -0.05) is 49.7 Å². The summed E-state index contributed by atoms with van der Waals surface area (Å²) in [7, 11) is 3.21. The molecule has 0 unspecified atom stereocenters. The van der Waals surface area contributed by atoms with Crippen molar-refractivity contribution < 1.29 is 19.1 Å². The van der Waals surface area contributed by atoms with Gasteiger partial charge < -0.3 is 14.4 Å². The van der Waals surface area contributed by atoms with Crippen LogP contribution in [0.25, 0.3) is 5.57 Å². The monoisotopic (exact) mass is 456 g/mol. The summed E-state index contributed by atoms with van der Waals surface area (Å²) in [5, 5.41) is 0.560. The van der Waals surface area contributed by atoms with E-state index in [1.165, 1.54) is 4.90 Å². The number of imide groups is 1. The summed E-state index contributed by atoms with van der Waals surface area (Å²) in [5.74, 6) is -0.361. The zero-order valence-corrected chi connectivity index (χ0v) is 19.7. The molecule has 7 heteroatoms. The van der Waals surface area contributed by atoms with Crippen molar-refractivity contribution in [1.29, 1.82) is 0 Å². The molecule has 1 aliphatic rings. The molecule has 1 heterocycles. The van der Waals surface area contributed by atoms with Crippen molar-refractivity contribution in [3.05, 3.63) is 70.4 Å². The summed E-state index contributed by atoms with van der Waals surface area (Å²) < 4.78 is 10.5. The molecule has 0 N–H and O–H groups in total. The summed E-state index contributed by atoms with van der Waals surface area (Å²) in [6.45, 7) is 5.92. The highest BCUT2D eigenvalue weighted by Gasteiger charge is 2.42. The lowest BCUT2D eigenvalue weighted by Crippen LogP contribution is -2.37. The summed E-state index contributed by atoms with van der Waals surface area (Å²) in [6.07, 6.45) is 0. The van der Waals surface area contributed by atoms with Crippen molar-refractivity contribution in [2.75, 3.05) is 45.4 Å². The van der Waals surface area contributed by atoms with Gasteiger partial charge in [0.25, 0.3) is 11.8 Å². The van der Waals surface area contributed by atoms with E-state index in [1.54, 1.807) is 38.5 Å². The lowest BCUT2D eigenvalue weighted by atomic mass is 10.0. The molecule has 0 atom stereocenters. The third kappa shape index (κ3) is 5.04. The van der Waals surface area contributed by atoms with Crippen LogP contribution in [-0.2, 0) is 19.1 Å². The molecular formula is C25H29ClN2O4. The van der Waals surface area contributed by atoms with E-state index in [1.807, 2.05) is 29.2 Å². The van der Waals surface area contributed by atoms with E-state index in [2.05, 4.69) is 13.8 Å². The fourth-order valence-corrected chi connectivity index (χ4v) is 3.80. The molecule has 3 rings (SSSR count). The van der Waals surface area contributed by atoms with Gasteiger partial charge in [-0.05, 0) is 41.3 Å². The van der Waals surface area contributed by atoms with Crippen LogP contribution in [0.1, 0.15) is 30.9 Å². The standard InChI is InChI=1S/C25H29ClN2O4/c1-17(2)18-7-11-21(12-8-18)28-24(29)22(19-5-9-20(26)10-6-19)23(25(28)30)27(13-15-31-3)14-16-32-4/h5-12,17H,13-16H2,1-4H3. The first-order chi connectivity index (χ1) is 15.4. The number of halogens is 1. The Morgan fingerprint density at radius 3 is 1.94 bits per heavy atom. The van der Waals surface area contributed by atoms with Gasteiger partial charge in [-0.15, -0.1) is 0 Å². The van der Waals surface area contributed by atoms with Gasteiger partial charge >= 0.3 is 0 Å². The summed E-state index contributed by atoms with van der Waals surface area (Å²) in [4.78, 5) is 30.4. The van der Waals surface area contributed by atoms with Gasteiger partial charge in [-0.3, -0.25) is 9.59 Å². The maximum absolute atomic E-state index is 13.7. The van der Waals surface area contributed by atoms with E-state index in [-0.39, 0.29) is 11.8 Å². The second-order valence-corrected chi connectivity index (χ2v) is 8.33. The second-order valence-electron chi connectivity index (χ2n) is 7.90. The van der Waals surface area contributed by atoms with Crippen molar-refractivity contribution in [2.45, 2.75) is 19.8 Å². The number of amides is 2. The average molecular weight is 457 g/mol. The van der Waals surface area contributed by atoms with Crippen LogP contribution >= 0.6 is 11.6 Å². The Morgan fingerprint density at radius 1 is 0.875 bits per heavy atom. The molecule has 2 aromatic rings. The zero-order chi connectivity index (χ0) is 23.3. The molecular weight excluding hydrogens is 428 g/mol. The first-order valence-electron chi connectivity index (χ1n) is 10.6. The number of anilines is 1. The number of rotatable bonds is 10. The quantitative estimate of drug-likeness (QED) is 0.498. The van der Waals surface area contributed by atoms with Crippen LogP contribution in [0.4, 0.5) is 5.69 Å². The van der Waals surface area contributed by atoms with Gasteiger partial charge in [0, 0.05) is 32.3 Å². The minimum absolute atomic E-state index is 0.347. The molecule has 0 radical (unpaired) electrons. The van der Waals surface area contributed by atoms with Crippen LogP contribution in [-0.4, -0.2) is 57.2 Å². The predicted molar refractivity (Wildman–Crippen MR) is 127 cm³/mol. The van der Waals surface area contributed by atoms with Crippen LogP contribution in [0.2, 0.25) is 5.02 Å². The molecule has 0 saturated carbocycles. The Hall–Kier alpha value is -2.67. The maximum atomic E-state index is 13.7. The molecule has 0 fully saturated rings. The number of nitrogens with zero attached hydrogens (tertiary/aromatic N) is 2. The molecule has 0 aliphatic carbocycles. The Labute approximate surface area is 194 Å². The Kier molecular flexibility index (Phi) is 8.07. The number of methoxy groups -OCH3 is 2. The van der Waals surface area contributed by atoms with Crippen molar-refractivity contribution >= 4 is 34.7 Å². The number of ether oxygens (including phenoxy) is 2. The fraction of sp³-hybridized carbons (Fsp3) is 0.360. The molecule has 0 bridgehead atoms. The van der Waals surface area contributed by atoms with Gasteiger partial charge in [-0.2, -0.15) is 0 Å². The first-order valence-corrected chi connectivity index (χ1v) is 11.0. The van der Waals surface area contributed by atoms with E-state index >= 15 is 0 Å². The SMILES string of the molecule is COCCN(CCOC)C1=C(c2ccc(Cl)cc2)C(=O)N(c2ccc(C(C)C)cc2)C1=O. The van der Waals surface area contributed by atoms with Gasteiger partial charge in [0.15, 0.2) is 0 Å². The minimum atomic E-state index is -0.357. The highest BCUT2D eigenvalue weighted by atomic mass is 35.5. The number of hydrogen-bond donors (Lipinski definition) is 0. The number of benzene rings is 2. The second kappa shape index (κ2) is 10.8. The van der Waals surface area contributed by atoms with E-state index in [4.69, 9.17) is 21.1 Å². The van der Waals surface area contributed by atoms with Gasteiger partial charge in [0.2, 0.25) is 0 Å². The van der Waals surface area contributed by atoms with Gasteiger partial charge in [-0.25, -0.2) is 4.90 Å². The topological polar surface area (TPSA) is 59.1 Å². The van der Waals surface area contributed by atoms with E-state index < -0.39 is 0 Å². The maximum Gasteiger partial charge on any atom is 0.282 e. The van der Waals surface area contributed by atoms with Crippen LogP contribution < -0.4 is 4.90 Å². The van der Waals surface area contributed by atoms with Crippen molar-refractivity contribution in [3.8, 4) is 0 Å². The Bertz CT molecular complexity index is 976. The van der Waals surface area contributed by atoms with Crippen LogP contribution in [0.15, 0.2) is 54.2 Å².